The van der Waals surface area contributed by atoms with Crippen LogP contribution in [0, 0.1) is 11.7 Å². The molecule has 0 saturated carbocycles. The summed E-state index contributed by atoms with van der Waals surface area (Å²) in [6.07, 6.45) is 0.973. The van der Waals surface area contributed by atoms with Gasteiger partial charge < -0.3 is 14.6 Å². The van der Waals surface area contributed by atoms with E-state index in [1.54, 1.807) is 0 Å². The second kappa shape index (κ2) is 11.3. The number of nitrogens with one attached hydrogen (secondary N) is 1. The van der Waals surface area contributed by atoms with Gasteiger partial charge in [-0.15, -0.1) is 10.2 Å². The largest absolute Gasteiger partial charge is 0.486 e. The Morgan fingerprint density at radius 1 is 1.22 bits per heavy atom. The van der Waals surface area contributed by atoms with E-state index in [0.717, 1.165) is 12.2 Å². The maximum atomic E-state index is 13.9. The van der Waals surface area contributed by atoms with Gasteiger partial charge in [0.1, 0.15) is 18.2 Å². The van der Waals surface area contributed by atoms with Gasteiger partial charge in [0.25, 0.3) is 0 Å². The summed E-state index contributed by atoms with van der Waals surface area (Å²) in [4.78, 5) is 12.3. The Hall–Kier alpha value is -2.58. The van der Waals surface area contributed by atoms with Crippen molar-refractivity contribution in [1.29, 1.82) is 0 Å². The van der Waals surface area contributed by atoms with Crippen LogP contribution in [0.5, 0.6) is 5.75 Å². The van der Waals surface area contributed by atoms with E-state index in [1.165, 1.54) is 35.5 Å². The smallest absolute Gasteiger partial charge is 0.234 e. The van der Waals surface area contributed by atoms with Gasteiger partial charge in [0.2, 0.25) is 5.91 Å². The van der Waals surface area contributed by atoms with Crippen LogP contribution >= 0.6 is 23.4 Å². The molecule has 0 unspecified atom stereocenters. The van der Waals surface area contributed by atoms with Gasteiger partial charge in [0.15, 0.2) is 11.0 Å². The van der Waals surface area contributed by atoms with E-state index in [0.29, 0.717) is 28.5 Å². The Labute approximate surface area is 196 Å². The quantitative estimate of drug-likeness (QED) is 0.386. The molecule has 1 amide bonds. The molecule has 3 rings (SSSR count). The van der Waals surface area contributed by atoms with Crippen molar-refractivity contribution in [2.24, 2.45) is 5.92 Å². The van der Waals surface area contributed by atoms with E-state index >= 15 is 0 Å². The highest BCUT2D eigenvalue weighted by Gasteiger charge is 2.16. The van der Waals surface area contributed by atoms with Crippen LogP contribution in [0.3, 0.4) is 0 Å². The van der Waals surface area contributed by atoms with E-state index in [9.17, 15) is 9.18 Å². The molecule has 0 bridgehead atoms. The highest BCUT2D eigenvalue weighted by molar-refractivity contribution is 7.99. The SMILES string of the molecule is CCc1ccc(OCc2nnc(SCC(=O)Nc3cc(Cl)ccc3F)n2CC(C)C)cc1. The summed E-state index contributed by atoms with van der Waals surface area (Å²) >= 11 is 7.12. The zero-order chi connectivity index (χ0) is 23.1. The van der Waals surface area contributed by atoms with Crippen molar-refractivity contribution in [2.45, 2.75) is 45.5 Å². The predicted molar refractivity (Wildman–Crippen MR) is 126 cm³/mol. The fourth-order valence-corrected chi connectivity index (χ4v) is 3.90. The average Bonchev–Trinajstić information content (AvgIpc) is 3.14. The van der Waals surface area contributed by atoms with Crippen LogP contribution in [0.25, 0.3) is 0 Å². The summed E-state index contributed by atoms with van der Waals surface area (Å²) in [7, 11) is 0. The number of amides is 1. The molecule has 0 aliphatic rings. The third-order valence-corrected chi connectivity index (χ3v) is 5.78. The molecule has 6 nitrogen and oxygen atoms in total. The zero-order valence-electron chi connectivity index (χ0n) is 18.3. The molecule has 2 aromatic carbocycles. The minimum atomic E-state index is -0.540. The number of hydrogen-bond donors (Lipinski definition) is 1. The van der Waals surface area contributed by atoms with Gasteiger partial charge in [0.05, 0.1) is 11.4 Å². The van der Waals surface area contributed by atoms with Gasteiger partial charge >= 0.3 is 0 Å². The summed E-state index contributed by atoms with van der Waals surface area (Å²) in [6, 6.07) is 12.0. The van der Waals surface area contributed by atoms with E-state index in [4.69, 9.17) is 16.3 Å². The number of anilines is 1. The first-order valence-corrected chi connectivity index (χ1v) is 11.7. The minimum absolute atomic E-state index is 0.0509. The second-order valence-corrected chi connectivity index (χ2v) is 9.03. The van der Waals surface area contributed by atoms with Gasteiger partial charge in [-0.1, -0.05) is 56.3 Å². The van der Waals surface area contributed by atoms with Crippen LogP contribution in [0.1, 0.15) is 32.2 Å². The molecule has 170 valence electrons. The fourth-order valence-electron chi connectivity index (χ4n) is 2.96. The number of thioether (sulfide) groups is 1. The summed E-state index contributed by atoms with van der Waals surface area (Å²) in [5.41, 5.74) is 1.30. The third kappa shape index (κ3) is 6.71. The molecule has 1 aromatic heterocycles. The maximum Gasteiger partial charge on any atom is 0.234 e. The Morgan fingerprint density at radius 3 is 2.66 bits per heavy atom. The Bertz CT molecular complexity index is 1060. The highest BCUT2D eigenvalue weighted by atomic mass is 35.5. The van der Waals surface area contributed by atoms with E-state index < -0.39 is 5.82 Å². The Kier molecular flexibility index (Phi) is 8.53. The van der Waals surface area contributed by atoms with Crippen molar-refractivity contribution in [3.8, 4) is 5.75 Å². The fraction of sp³-hybridized carbons (Fsp3) is 0.348. The first-order valence-electron chi connectivity index (χ1n) is 10.4. The highest BCUT2D eigenvalue weighted by Crippen LogP contribution is 2.23. The number of carbonyl (C=O) groups excluding carboxylic acids is 1. The number of nitrogens with zero attached hydrogens (tertiary/aromatic N) is 3. The lowest BCUT2D eigenvalue weighted by Gasteiger charge is -2.13. The molecule has 0 saturated heterocycles. The molecule has 0 atom stereocenters. The molecule has 0 aliphatic heterocycles. The van der Waals surface area contributed by atoms with Crippen LogP contribution in [0.15, 0.2) is 47.6 Å². The van der Waals surface area contributed by atoms with E-state index in [2.05, 4.69) is 36.3 Å². The molecule has 0 spiro atoms. The summed E-state index contributed by atoms with van der Waals surface area (Å²) in [5.74, 6) is 0.954. The molecule has 1 N–H and O–H groups in total. The monoisotopic (exact) mass is 476 g/mol. The number of aryl methyl sites for hydroxylation is 1. The maximum absolute atomic E-state index is 13.9. The molecule has 3 aromatic rings. The van der Waals surface area contributed by atoms with Crippen molar-refractivity contribution in [1.82, 2.24) is 14.8 Å². The number of ether oxygens (including phenoxy) is 1. The first kappa shape index (κ1) is 24.1. The number of aromatic nitrogens is 3. The van der Waals surface area contributed by atoms with Crippen LogP contribution in [0.2, 0.25) is 5.02 Å². The normalized spacial score (nSPS) is 11.1. The summed E-state index contributed by atoms with van der Waals surface area (Å²) in [6.45, 7) is 7.25. The van der Waals surface area contributed by atoms with Crippen molar-refractivity contribution in [2.75, 3.05) is 11.1 Å². The lowest BCUT2D eigenvalue weighted by Crippen LogP contribution is -2.16. The molecule has 9 heteroatoms. The second-order valence-electron chi connectivity index (χ2n) is 7.65. The van der Waals surface area contributed by atoms with Crippen molar-refractivity contribution >= 4 is 35.0 Å². The Balaban J connectivity index is 1.64. The van der Waals surface area contributed by atoms with Gasteiger partial charge in [0, 0.05) is 11.6 Å². The third-order valence-electron chi connectivity index (χ3n) is 4.58. The number of rotatable bonds is 10. The lowest BCUT2D eigenvalue weighted by atomic mass is 10.2. The lowest BCUT2D eigenvalue weighted by molar-refractivity contribution is -0.113. The molecule has 0 fully saturated rings. The van der Waals surface area contributed by atoms with Crippen molar-refractivity contribution in [3.63, 3.8) is 0 Å². The topological polar surface area (TPSA) is 69.0 Å². The molecule has 32 heavy (non-hydrogen) atoms. The average molecular weight is 477 g/mol. The van der Waals surface area contributed by atoms with E-state index in [1.807, 2.05) is 28.8 Å². The van der Waals surface area contributed by atoms with Gasteiger partial charge in [-0.25, -0.2) is 4.39 Å². The first-order chi connectivity index (χ1) is 15.4. The van der Waals surface area contributed by atoms with Crippen LogP contribution in [-0.4, -0.2) is 26.4 Å². The molecule has 0 radical (unpaired) electrons. The molecule has 0 aliphatic carbocycles. The van der Waals surface area contributed by atoms with Gasteiger partial charge in [-0.3, -0.25) is 4.79 Å². The molecular formula is C23H26ClFN4O2S. The number of hydrogen-bond acceptors (Lipinski definition) is 5. The molecule has 1 heterocycles. The van der Waals surface area contributed by atoms with Gasteiger partial charge in [-0.2, -0.15) is 0 Å². The Morgan fingerprint density at radius 2 is 1.97 bits per heavy atom. The van der Waals surface area contributed by atoms with Gasteiger partial charge in [-0.05, 0) is 48.2 Å². The summed E-state index contributed by atoms with van der Waals surface area (Å²) in [5, 5.41) is 12.0. The van der Waals surface area contributed by atoms with Crippen LogP contribution in [0.4, 0.5) is 10.1 Å². The zero-order valence-corrected chi connectivity index (χ0v) is 19.8. The number of carbonyl (C=O) groups is 1. The number of benzene rings is 2. The molecular weight excluding hydrogens is 451 g/mol. The predicted octanol–water partition coefficient (Wildman–Crippen LogP) is 5.60. The standard InChI is InChI=1S/C23H26ClFN4O2S/c1-4-16-5-8-18(9-6-16)31-13-21-27-28-23(29(21)12-15(2)3)32-14-22(30)26-20-11-17(24)7-10-19(20)25/h5-11,15H,4,12-14H2,1-3H3,(H,26,30). The van der Waals surface area contributed by atoms with E-state index in [-0.39, 0.29) is 24.0 Å². The van der Waals surface area contributed by atoms with Crippen LogP contribution < -0.4 is 10.1 Å². The van der Waals surface area contributed by atoms with Crippen molar-refractivity contribution in [3.05, 3.63) is 64.7 Å². The minimum Gasteiger partial charge on any atom is -0.486 e. The number of halogens is 2. The van der Waals surface area contributed by atoms with Crippen molar-refractivity contribution < 1.29 is 13.9 Å². The van der Waals surface area contributed by atoms with Crippen LogP contribution in [-0.2, 0) is 24.4 Å². The summed E-state index contributed by atoms with van der Waals surface area (Å²) < 4.78 is 21.7.